The summed E-state index contributed by atoms with van der Waals surface area (Å²) in [7, 11) is -1.94. The van der Waals surface area contributed by atoms with Crippen LogP contribution in [0.3, 0.4) is 0 Å². The van der Waals surface area contributed by atoms with E-state index in [0.29, 0.717) is 32.8 Å². The van der Waals surface area contributed by atoms with Crippen LogP contribution in [0.15, 0.2) is 59.5 Å². The molecule has 0 bridgehead atoms. The second-order valence-corrected chi connectivity index (χ2v) is 10.9. The number of anilines is 1. The Hall–Kier alpha value is -2.56. The van der Waals surface area contributed by atoms with Gasteiger partial charge in [0.25, 0.3) is 0 Å². The molecule has 2 heterocycles. The topological polar surface area (TPSA) is 84.0 Å². The smallest absolute Gasteiger partial charge is 0.243 e. The highest BCUT2D eigenvalue weighted by Crippen LogP contribution is 2.26. The average Bonchev–Trinajstić information content (AvgIpc) is 2.87. The number of aromatic nitrogens is 1. The molecule has 1 aliphatic heterocycles. The fraction of sp³-hybridized carbons (Fsp3) is 0.444. The van der Waals surface area contributed by atoms with Crippen LogP contribution < -0.4 is 5.32 Å². The number of fused-ring (bicyclic) bond motifs is 1. The Morgan fingerprint density at radius 2 is 1.72 bits per heavy atom. The van der Waals surface area contributed by atoms with Gasteiger partial charge in [-0.2, -0.15) is 4.31 Å². The summed E-state index contributed by atoms with van der Waals surface area (Å²) in [6, 6.07) is 17.5. The summed E-state index contributed by atoms with van der Waals surface area (Å²) >= 11 is 0. The zero-order valence-corrected chi connectivity index (χ0v) is 22.1. The van der Waals surface area contributed by atoms with Crippen LogP contribution in [-0.2, 0) is 32.6 Å². The Morgan fingerprint density at radius 3 is 2.42 bits per heavy atom. The number of pyridine rings is 1. The van der Waals surface area contributed by atoms with E-state index in [0.717, 1.165) is 36.4 Å². The van der Waals surface area contributed by atoms with Crippen LogP contribution in [0.25, 0.3) is 10.9 Å². The average molecular weight is 513 g/mol. The number of benzene rings is 2. The predicted octanol–water partition coefficient (Wildman–Crippen LogP) is 3.72. The molecular weight excluding hydrogens is 476 g/mol. The number of sulfonamides is 1. The first-order chi connectivity index (χ1) is 17.4. The molecule has 3 aromatic rings. The number of methoxy groups -OCH3 is 1. The van der Waals surface area contributed by atoms with Gasteiger partial charge in [-0.1, -0.05) is 38.1 Å². The summed E-state index contributed by atoms with van der Waals surface area (Å²) in [6.07, 6.45) is -0.0794. The van der Waals surface area contributed by atoms with Crippen molar-refractivity contribution in [2.45, 2.75) is 37.9 Å². The van der Waals surface area contributed by atoms with E-state index < -0.39 is 10.0 Å². The highest BCUT2D eigenvalue weighted by atomic mass is 32.2. The number of nitrogens with one attached hydrogen (secondary N) is 1. The first kappa shape index (κ1) is 26.5. The first-order valence-corrected chi connectivity index (χ1v) is 13.9. The standard InChI is InChI=1S/C27H36N4O4S/c1-4-30(5-2)18-22-8-6-21(7-9-22)17-28-27-13-10-23-16-25(11-12-26(23)29-27)36(32,33)31-19-24(20-31)35-15-14-34-3/h6-13,16,24H,4-5,14-15,17-20H2,1-3H3,(H,28,29). The van der Waals surface area contributed by atoms with Gasteiger partial charge in [0.15, 0.2) is 0 Å². The molecule has 9 heteroatoms. The molecule has 4 rings (SSSR count). The quantitative estimate of drug-likeness (QED) is 0.350. The molecule has 2 aromatic carbocycles. The highest BCUT2D eigenvalue weighted by molar-refractivity contribution is 7.89. The van der Waals surface area contributed by atoms with Gasteiger partial charge in [0.05, 0.1) is 29.7 Å². The molecule has 0 amide bonds. The SMILES string of the molecule is CCN(CC)Cc1ccc(CNc2ccc3cc(S(=O)(=O)N4CC(OCCOC)C4)ccc3n2)cc1. The minimum atomic E-state index is -3.55. The van der Waals surface area contributed by atoms with Gasteiger partial charge in [-0.15, -0.1) is 0 Å². The number of rotatable bonds is 13. The number of ether oxygens (including phenoxy) is 2. The van der Waals surface area contributed by atoms with Crippen molar-refractivity contribution in [3.8, 4) is 0 Å². The zero-order valence-electron chi connectivity index (χ0n) is 21.3. The molecule has 1 saturated heterocycles. The van der Waals surface area contributed by atoms with Crippen LogP contribution >= 0.6 is 0 Å². The first-order valence-electron chi connectivity index (χ1n) is 12.5. The van der Waals surface area contributed by atoms with Gasteiger partial charge in [-0.3, -0.25) is 4.90 Å². The molecule has 0 saturated carbocycles. The third-order valence-electron chi connectivity index (χ3n) is 6.55. The van der Waals surface area contributed by atoms with Crippen LogP contribution in [0, 0.1) is 0 Å². The highest BCUT2D eigenvalue weighted by Gasteiger charge is 2.37. The van der Waals surface area contributed by atoms with Crippen molar-refractivity contribution in [1.29, 1.82) is 0 Å². The van der Waals surface area contributed by atoms with E-state index in [-0.39, 0.29) is 11.0 Å². The summed E-state index contributed by atoms with van der Waals surface area (Å²) in [5.41, 5.74) is 3.24. The number of hydrogen-bond acceptors (Lipinski definition) is 7. The van der Waals surface area contributed by atoms with Gasteiger partial charge < -0.3 is 14.8 Å². The van der Waals surface area contributed by atoms with Crippen LogP contribution in [0.4, 0.5) is 5.82 Å². The molecular formula is C27H36N4O4S. The van der Waals surface area contributed by atoms with Gasteiger partial charge in [0, 0.05) is 38.7 Å². The van der Waals surface area contributed by atoms with Crippen molar-refractivity contribution in [3.63, 3.8) is 0 Å². The minimum absolute atomic E-state index is 0.0794. The summed E-state index contributed by atoms with van der Waals surface area (Å²) in [6.45, 7) is 9.78. The molecule has 1 fully saturated rings. The van der Waals surface area contributed by atoms with Crippen molar-refractivity contribution in [2.24, 2.45) is 0 Å². The molecule has 36 heavy (non-hydrogen) atoms. The fourth-order valence-electron chi connectivity index (χ4n) is 4.17. The Bertz CT molecular complexity index is 1240. The lowest BCUT2D eigenvalue weighted by Gasteiger charge is -2.37. The molecule has 1 N–H and O–H groups in total. The maximum Gasteiger partial charge on any atom is 0.243 e. The third-order valence-corrected chi connectivity index (χ3v) is 8.38. The van der Waals surface area contributed by atoms with Gasteiger partial charge >= 0.3 is 0 Å². The molecule has 1 aliphatic rings. The second kappa shape index (κ2) is 12.1. The van der Waals surface area contributed by atoms with Gasteiger partial charge in [0.1, 0.15) is 5.82 Å². The molecule has 194 valence electrons. The monoisotopic (exact) mass is 512 g/mol. The van der Waals surface area contributed by atoms with E-state index in [9.17, 15) is 8.42 Å². The second-order valence-electron chi connectivity index (χ2n) is 8.99. The lowest BCUT2D eigenvalue weighted by Crippen LogP contribution is -2.54. The predicted molar refractivity (Wildman–Crippen MR) is 143 cm³/mol. The molecule has 0 unspecified atom stereocenters. The normalized spacial score (nSPS) is 14.9. The molecule has 0 atom stereocenters. The van der Waals surface area contributed by atoms with Crippen molar-refractivity contribution >= 4 is 26.7 Å². The van der Waals surface area contributed by atoms with Crippen molar-refractivity contribution < 1.29 is 17.9 Å². The van der Waals surface area contributed by atoms with Gasteiger partial charge in [0.2, 0.25) is 10.0 Å². The van der Waals surface area contributed by atoms with E-state index in [1.54, 1.807) is 25.3 Å². The number of hydrogen-bond donors (Lipinski definition) is 1. The van der Waals surface area contributed by atoms with Crippen LogP contribution in [0.2, 0.25) is 0 Å². The van der Waals surface area contributed by atoms with E-state index in [2.05, 4.69) is 53.3 Å². The Balaban J connectivity index is 1.35. The summed E-state index contributed by atoms with van der Waals surface area (Å²) in [5.74, 6) is 0.754. The fourth-order valence-corrected chi connectivity index (χ4v) is 5.71. The summed E-state index contributed by atoms with van der Waals surface area (Å²) in [4.78, 5) is 7.33. The van der Waals surface area contributed by atoms with E-state index in [1.165, 1.54) is 15.4 Å². The van der Waals surface area contributed by atoms with Gasteiger partial charge in [-0.25, -0.2) is 13.4 Å². The van der Waals surface area contributed by atoms with Crippen LogP contribution in [0.5, 0.6) is 0 Å². The maximum absolute atomic E-state index is 13.0. The summed E-state index contributed by atoms with van der Waals surface area (Å²) in [5, 5.41) is 4.16. The van der Waals surface area contributed by atoms with E-state index in [1.807, 2.05) is 12.1 Å². The maximum atomic E-state index is 13.0. The van der Waals surface area contributed by atoms with E-state index >= 15 is 0 Å². The Labute approximate surface area is 214 Å². The minimum Gasteiger partial charge on any atom is -0.382 e. The molecule has 1 aromatic heterocycles. The lowest BCUT2D eigenvalue weighted by atomic mass is 10.1. The van der Waals surface area contributed by atoms with Crippen molar-refractivity contribution in [2.75, 3.05) is 51.8 Å². The summed E-state index contributed by atoms with van der Waals surface area (Å²) < 4.78 is 38.0. The van der Waals surface area contributed by atoms with E-state index in [4.69, 9.17) is 9.47 Å². The van der Waals surface area contributed by atoms with Crippen LogP contribution in [-0.4, -0.2) is 75.2 Å². The largest absolute Gasteiger partial charge is 0.382 e. The Kier molecular flexibility index (Phi) is 8.92. The lowest BCUT2D eigenvalue weighted by molar-refractivity contribution is -0.0380. The molecule has 0 aliphatic carbocycles. The molecule has 0 radical (unpaired) electrons. The van der Waals surface area contributed by atoms with Crippen molar-refractivity contribution in [3.05, 3.63) is 65.7 Å². The molecule has 0 spiro atoms. The third kappa shape index (κ3) is 6.41. The Morgan fingerprint density at radius 1 is 1.00 bits per heavy atom. The zero-order chi connectivity index (χ0) is 25.5. The molecule has 8 nitrogen and oxygen atoms in total. The van der Waals surface area contributed by atoms with Gasteiger partial charge in [-0.05, 0) is 54.5 Å². The number of nitrogens with zero attached hydrogens (tertiary/aromatic N) is 3. The van der Waals surface area contributed by atoms with Crippen molar-refractivity contribution in [1.82, 2.24) is 14.2 Å². The van der Waals surface area contributed by atoms with Crippen LogP contribution in [0.1, 0.15) is 25.0 Å².